The van der Waals surface area contributed by atoms with E-state index >= 15 is 0 Å². The molecule has 1 saturated heterocycles. The predicted molar refractivity (Wildman–Crippen MR) is 116 cm³/mol. The second kappa shape index (κ2) is 10.1. The van der Waals surface area contributed by atoms with Crippen LogP contribution in [0.3, 0.4) is 0 Å². The topological polar surface area (TPSA) is 84.4 Å². The summed E-state index contributed by atoms with van der Waals surface area (Å²) in [5.41, 5.74) is 0.739. The second-order valence-corrected chi connectivity index (χ2v) is 8.13. The lowest BCUT2D eigenvalue weighted by atomic mass is 9.97. The highest BCUT2D eigenvalue weighted by Crippen LogP contribution is 2.26. The lowest BCUT2D eigenvalue weighted by molar-refractivity contribution is -0.159. The van der Waals surface area contributed by atoms with Gasteiger partial charge in [0, 0.05) is 35.5 Å². The Morgan fingerprint density at radius 3 is 2.47 bits per heavy atom. The number of ether oxygens (including phenoxy) is 1. The molecule has 0 spiro atoms. The molecule has 1 aromatic carbocycles. The molecule has 2 atom stereocenters. The first kappa shape index (κ1) is 22.3. The van der Waals surface area contributed by atoms with Gasteiger partial charge in [-0.1, -0.05) is 29.3 Å². The SMILES string of the molecule is CC(OC(=O)C1CCN(c2ncccn2)CC1)C(=O)NC(C)c1ccc(Cl)cc1Cl. The van der Waals surface area contributed by atoms with Crippen LogP contribution in [0.5, 0.6) is 0 Å². The molecular weight excluding hydrogens is 427 g/mol. The minimum absolute atomic E-state index is 0.247. The van der Waals surface area contributed by atoms with E-state index in [1.165, 1.54) is 0 Å². The molecule has 2 heterocycles. The third-order valence-electron chi connectivity index (χ3n) is 5.11. The van der Waals surface area contributed by atoms with E-state index in [0.29, 0.717) is 41.9 Å². The number of nitrogens with one attached hydrogen (secondary N) is 1. The molecule has 0 radical (unpaired) electrons. The van der Waals surface area contributed by atoms with Gasteiger partial charge in [-0.2, -0.15) is 0 Å². The van der Waals surface area contributed by atoms with Crippen molar-refractivity contribution in [3.05, 3.63) is 52.3 Å². The van der Waals surface area contributed by atoms with Crippen molar-refractivity contribution in [2.75, 3.05) is 18.0 Å². The number of anilines is 1. The van der Waals surface area contributed by atoms with Crippen molar-refractivity contribution in [3.63, 3.8) is 0 Å². The molecule has 1 aromatic heterocycles. The summed E-state index contributed by atoms with van der Waals surface area (Å²) in [7, 11) is 0. The zero-order valence-corrected chi connectivity index (χ0v) is 18.4. The molecule has 1 aliphatic rings. The first-order chi connectivity index (χ1) is 14.3. The smallest absolute Gasteiger partial charge is 0.309 e. The van der Waals surface area contributed by atoms with Gasteiger partial charge in [-0.15, -0.1) is 0 Å². The van der Waals surface area contributed by atoms with Gasteiger partial charge in [0.25, 0.3) is 5.91 Å². The average Bonchev–Trinajstić information content (AvgIpc) is 2.74. The number of hydrogen-bond donors (Lipinski definition) is 1. The zero-order chi connectivity index (χ0) is 21.7. The van der Waals surface area contributed by atoms with Crippen LogP contribution in [0.1, 0.15) is 38.3 Å². The van der Waals surface area contributed by atoms with Gasteiger partial charge in [0.15, 0.2) is 6.10 Å². The summed E-state index contributed by atoms with van der Waals surface area (Å²) in [4.78, 5) is 35.5. The minimum atomic E-state index is -0.901. The van der Waals surface area contributed by atoms with Gasteiger partial charge in [0.05, 0.1) is 12.0 Å². The number of rotatable bonds is 6. The van der Waals surface area contributed by atoms with Crippen LogP contribution in [0.15, 0.2) is 36.7 Å². The summed E-state index contributed by atoms with van der Waals surface area (Å²) in [6.07, 6.45) is 3.74. The van der Waals surface area contributed by atoms with Gasteiger partial charge in [0.1, 0.15) is 0 Å². The van der Waals surface area contributed by atoms with Crippen molar-refractivity contribution in [1.29, 1.82) is 0 Å². The fourth-order valence-electron chi connectivity index (χ4n) is 3.35. The highest BCUT2D eigenvalue weighted by molar-refractivity contribution is 6.35. The summed E-state index contributed by atoms with van der Waals surface area (Å²) < 4.78 is 5.42. The summed E-state index contributed by atoms with van der Waals surface area (Å²) in [6.45, 7) is 4.70. The molecule has 3 rings (SSSR count). The first-order valence-electron chi connectivity index (χ1n) is 9.83. The number of esters is 1. The van der Waals surface area contributed by atoms with E-state index in [4.69, 9.17) is 27.9 Å². The molecule has 0 saturated carbocycles. The molecule has 0 bridgehead atoms. The molecular formula is C21H24Cl2N4O3. The molecule has 7 nitrogen and oxygen atoms in total. The number of nitrogens with zero attached hydrogens (tertiary/aromatic N) is 3. The number of hydrogen-bond acceptors (Lipinski definition) is 6. The standard InChI is InChI=1S/C21H24Cl2N4O3/c1-13(17-5-4-16(22)12-18(17)23)26-19(28)14(2)30-20(29)15-6-10-27(11-7-15)21-24-8-3-9-25-21/h3-5,8-9,12-15H,6-7,10-11H2,1-2H3,(H,26,28). The Hall–Kier alpha value is -2.38. The van der Waals surface area contributed by atoms with Crippen LogP contribution in [-0.4, -0.2) is 41.0 Å². The van der Waals surface area contributed by atoms with Crippen LogP contribution in [0, 0.1) is 5.92 Å². The number of carbonyl (C=O) groups excluding carboxylic acids is 2. The number of amides is 1. The van der Waals surface area contributed by atoms with E-state index in [9.17, 15) is 9.59 Å². The van der Waals surface area contributed by atoms with Gasteiger partial charge < -0.3 is 15.0 Å². The van der Waals surface area contributed by atoms with Crippen LogP contribution in [0.25, 0.3) is 0 Å². The quantitative estimate of drug-likeness (QED) is 0.673. The number of carbonyl (C=O) groups is 2. The molecule has 1 amide bonds. The average molecular weight is 451 g/mol. The summed E-state index contributed by atoms with van der Waals surface area (Å²) in [5.74, 6) is -0.323. The lowest BCUT2D eigenvalue weighted by Crippen LogP contribution is -2.41. The molecule has 160 valence electrons. The van der Waals surface area contributed by atoms with E-state index in [1.807, 2.05) is 11.8 Å². The summed E-state index contributed by atoms with van der Waals surface area (Å²) >= 11 is 12.1. The van der Waals surface area contributed by atoms with Crippen LogP contribution in [0.4, 0.5) is 5.95 Å². The van der Waals surface area contributed by atoms with E-state index in [-0.39, 0.29) is 23.8 Å². The van der Waals surface area contributed by atoms with Crippen molar-refractivity contribution in [3.8, 4) is 0 Å². The van der Waals surface area contributed by atoms with E-state index in [2.05, 4.69) is 15.3 Å². The van der Waals surface area contributed by atoms with Crippen LogP contribution in [0.2, 0.25) is 10.0 Å². The molecule has 1 N–H and O–H groups in total. The maximum absolute atomic E-state index is 12.5. The third-order valence-corrected chi connectivity index (χ3v) is 5.68. The fourth-order valence-corrected chi connectivity index (χ4v) is 3.93. The largest absolute Gasteiger partial charge is 0.452 e. The third kappa shape index (κ3) is 5.61. The number of halogens is 2. The number of aromatic nitrogens is 2. The van der Waals surface area contributed by atoms with Gasteiger partial charge >= 0.3 is 5.97 Å². The Labute approximate surface area is 185 Å². The van der Waals surface area contributed by atoms with Gasteiger partial charge in [-0.3, -0.25) is 9.59 Å². The van der Waals surface area contributed by atoms with E-state index < -0.39 is 6.10 Å². The Kier molecular flexibility index (Phi) is 7.50. The maximum atomic E-state index is 12.5. The summed E-state index contributed by atoms with van der Waals surface area (Å²) in [6, 6.07) is 6.51. The van der Waals surface area contributed by atoms with Crippen molar-refractivity contribution in [1.82, 2.24) is 15.3 Å². The van der Waals surface area contributed by atoms with Crippen molar-refractivity contribution < 1.29 is 14.3 Å². The second-order valence-electron chi connectivity index (χ2n) is 7.29. The van der Waals surface area contributed by atoms with Crippen molar-refractivity contribution in [2.24, 2.45) is 5.92 Å². The van der Waals surface area contributed by atoms with Crippen molar-refractivity contribution >= 4 is 41.0 Å². The normalized spacial score (nSPS) is 16.6. The highest BCUT2D eigenvalue weighted by Gasteiger charge is 2.30. The molecule has 2 aromatic rings. The Morgan fingerprint density at radius 2 is 1.83 bits per heavy atom. The maximum Gasteiger partial charge on any atom is 0.309 e. The Morgan fingerprint density at radius 1 is 1.17 bits per heavy atom. The highest BCUT2D eigenvalue weighted by atomic mass is 35.5. The Bertz CT molecular complexity index is 889. The lowest BCUT2D eigenvalue weighted by Gasteiger charge is -2.31. The van der Waals surface area contributed by atoms with Crippen LogP contribution < -0.4 is 10.2 Å². The molecule has 0 aliphatic carbocycles. The number of piperidine rings is 1. The molecule has 9 heteroatoms. The minimum Gasteiger partial charge on any atom is -0.452 e. The van der Waals surface area contributed by atoms with E-state index in [0.717, 1.165) is 5.56 Å². The van der Waals surface area contributed by atoms with Crippen LogP contribution in [-0.2, 0) is 14.3 Å². The molecule has 30 heavy (non-hydrogen) atoms. The zero-order valence-electron chi connectivity index (χ0n) is 16.8. The molecule has 1 fully saturated rings. The fraction of sp³-hybridized carbons (Fsp3) is 0.429. The molecule has 1 aliphatic heterocycles. The Balaban J connectivity index is 1.48. The van der Waals surface area contributed by atoms with Gasteiger partial charge in [0.2, 0.25) is 5.95 Å². The van der Waals surface area contributed by atoms with Gasteiger partial charge in [-0.05, 0) is 50.5 Å². The number of benzene rings is 1. The van der Waals surface area contributed by atoms with Gasteiger partial charge in [-0.25, -0.2) is 9.97 Å². The van der Waals surface area contributed by atoms with E-state index in [1.54, 1.807) is 43.6 Å². The monoisotopic (exact) mass is 450 g/mol. The summed E-state index contributed by atoms with van der Waals surface area (Å²) in [5, 5.41) is 3.81. The first-order valence-corrected chi connectivity index (χ1v) is 10.6. The van der Waals surface area contributed by atoms with Crippen molar-refractivity contribution in [2.45, 2.75) is 38.8 Å². The predicted octanol–water partition coefficient (Wildman–Crippen LogP) is 3.81. The van der Waals surface area contributed by atoms with Crippen LogP contribution >= 0.6 is 23.2 Å². The molecule has 2 unspecified atom stereocenters.